The Bertz CT molecular complexity index is 601. The molecule has 0 aromatic carbocycles. The van der Waals surface area contributed by atoms with E-state index in [0.29, 0.717) is 12.3 Å². The number of unbranched alkanes of at least 4 members (excludes halogenated alkanes) is 2. The zero-order chi connectivity index (χ0) is 17.2. The highest BCUT2D eigenvalue weighted by atomic mass is 32.2. The molecule has 1 amide bonds. The molecule has 6 nitrogen and oxygen atoms in total. The fraction of sp³-hybridized carbons (Fsp3) is 0.562. The number of hydrogen-bond donors (Lipinski definition) is 2. The lowest BCUT2D eigenvalue weighted by Crippen LogP contribution is -2.33. The summed E-state index contributed by atoms with van der Waals surface area (Å²) in [5.41, 5.74) is 0. The van der Waals surface area contributed by atoms with Crippen LogP contribution in [0.1, 0.15) is 45.3 Å². The summed E-state index contributed by atoms with van der Waals surface area (Å²) in [5.74, 6) is 1.26. The molecule has 0 saturated heterocycles. The summed E-state index contributed by atoms with van der Waals surface area (Å²) in [6.07, 6.45) is 6.24. The van der Waals surface area contributed by atoms with E-state index in [4.69, 9.17) is 4.42 Å². The van der Waals surface area contributed by atoms with E-state index in [9.17, 15) is 4.79 Å². The molecule has 8 heteroatoms. The van der Waals surface area contributed by atoms with E-state index in [-0.39, 0.29) is 11.9 Å². The molecule has 132 valence electrons. The Kier molecular flexibility index (Phi) is 8.11. The first-order chi connectivity index (χ1) is 11.7. The molecule has 2 aromatic heterocycles. The fourth-order valence-electron chi connectivity index (χ4n) is 2.13. The van der Waals surface area contributed by atoms with Crippen molar-refractivity contribution in [2.75, 3.05) is 11.1 Å². The Morgan fingerprint density at radius 3 is 3.04 bits per heavy atom. The maximum Gasteiger partial charge on any atom is 0.230 e. The van der Waals surface area contributed by atoms with Crippen molar-refractivity contribution in [2.24, 2.45) is 0 Å². The maximum atomic E-state index is 11.9. The van der Waals surface area contributed by atoms with Gasteiger partial charge in [-0.15, -0.1) is 10.2 Å². The van der Waals surface area contributed by atoms with E-state index in [1.165, 1.54) is 35.9 Å². The molecule has 0 bridgehead atoms. The molecule has 0 saturated carbocycles. The highest BCUT2D eigenvalue weighted by Crippen LogP contribution is 2.25. The second kappa shape index (κ2) is 10.4. The summed E-state index contributed by atoms with van der Waals surface area (Å²) in [6.45, 7) is 4.81. The molecule has 0 fully saturated rings. The standard InChI is InChI=1S/C16H24N4O2S2/c1-3-4-5-7-12(2)18-14(21)11-23-16-20-19-15(24-16)17-10-13-8-6-9-22-13/h6,8-9,12H,3-5,7,10-11H2,1-2H3,(H,17,19)(H,18,21)/t12-/m1/s1. The van der Waals surface area contributed by atoms with Crippen LogP contribution in [0.3, 0.4) is 0 Å². The second-order valence-electron chi connectivity index (χ2n) is 5.56. The van der Waals surface area contributed by atoms with E-state index in [2.05, 4.69) is 34.7 Å². The number of hydrogen-bond acceptors (Lipinski definition) is 7. The largest absolute Gasteiger partial charge is 0.467 e. The minimum atomic E-state index is 0.0456. The molecule has 0 aliphatic rings. The summed E-state index contributed by atoms with van der Waals surface area (Å²) in [6, 6.07) is 3.97. The van der Waals surface area contributed by atoms with Gasteiger partial charge in [0.15, 0.2) is 4.34 Å². The summed E-state index contributed by atoms with van der Waals surface area (Å²) in [5, 5.41) is 15.1. The van der Waals surface area contributed by atoms with Crippen LogP contribution in [-0.2, 0) is 11.3 Å². The van der Waals surface area contributed by atoms with E-state index >= 15 is 0 Å². The zero-order valence-electron chi connectivity index (χ0n) is 14.1. The second-order valence-corrected chi connectivity index (χ2v) is 7.76. The van der Waals surface area contributed by atoms with Crippen molar-refractivity contribution in [3.05, 3.63) is 24.2 Å². The number of aromatic nitrogens is 2. The average molecular weight is 369 g/mol. The Labute approximate surface area is 150 Å². The number of nitrogens with zero attached hydrogens (tertiary/aromatic N) is 2. The van der Waals surface area contributed by atoms with Crippen LogP contribution in [-0.4, -0.2) is 27.9 Å². The number of carbonyl (C=O) groups excluding carboxylic acids is 1. The van der Waals surface area contributed by atoms with Gasteiger partial charge in [0.1, 0.15) is 5.76 Å². The zero-order valence-corrected chi connectivity index (χ0v) is 15.7. The number of thioether (sulfide) groups is 1. The van der Waals surface area contributed by atoms with Gasteiger partial charge in [0, 0.05) is 6.04 Å². The number of nitrogens with one attached hydrogen (secondary N) is 2. The van der Waals surface area contributed by atoms with Gasteiger partial charge in [0.05, 0.1) is 18.6 Å². The lowest BCUT2D eigenvalue weighted by atomic mass is 10.1. The minimum absolute atomic E-state index is 0.0456. The van der Waals surface area contributed by atoms with Gasteiger partial charge in [-0.2, -0.15) is 0 Å². The molecule has 2 N–H and O–H groups in total. The summed E-state index contributed by atoms with van der Waals surface area (Å²) in [4.78, 5) is 11.9. The fourth-order valence-corrected chi connectivity index (χ4v) is 3.69. The van der Waals surface area contributed by atoms with E-state index in [0.717, 1.165) is 28.1 Å². The van der Waals surface area contributed by atoms with Crippen molar-refractivity contribution in [3.8, 4) is 0 Å². The van der Waals surface area contributed by atoms with Crippen LogP contribution in [0, 0.1) is 0 Å². The van der Waals surface area contributed by atoms with E-state index < -0.39 is 0 Å². The highest BCUT2D eigenvalue weighted by Gasteiger charge is 2.10. The number of anilines is 1. The number of furan rings is 1. The SMILES string of the molecule is CCCCC[C@@H](C)NC(=O)CSc1nnc(NCc2ccco2)s1. The van der Waals surface area contributed by atoms with E-state index in [1.807, 2.05) is 12.1 Å². The van der Waals surface area contributed by atoms with E-state index in [1.54, 1.807) is 6.26 Å². The highest BCUT2D eigenvalue weighted by molar-refractivity contribution is 8.01. The third-order valence-electron chi connectivity index (χ3n) is 3.38. The molecular formula is C16H24N4O2S2. The molecule has 2 rings (SSSR count). The van der Waals surface area contributed by atoms with Crippen LogP contribution in [0.15, 0.2) is 27.2 Å². The van der Waals surface area contributed by atoms with Crippen LogP contribution in [0.25, 0.3) is 0 Å². The first-order valence-electron chi connectivity index (χ1n) is 8.19. The average Bonchev–Trinajstić information content (AvgIpc) is 3.23. The Morgan fingerprint density at radius 1 is 1.42 bits per heavy atom. The van der Waals surface area contributed by atoms with Crippen LogP contribution >= 0.6 is 23.1 Å². The predicted molar refractivity (Wildman–Crippen MR) is 98.4 cm³/mol. The summed E-state index contributed by atoms with van der Waals surface area (Å²) in [7, 11) is 0. The van der Waals surface area contributed by atoms with Gasteiger partial charge in [-0.05, 0) is 25.5 Å². The monoisotopic (exact) mass is 368 g/mol. The molecule has 0 aliphatic carbocycles. The van der Waals surface area contributed by atoms with Crippen LogP contribution in [0.4, 0.5) is 5.13 Å². The van der Waals surface area contributed by atoms with Gasteiger partial charge in [-0.1, -0.05) is 49.3 Å². The first-order valence-corrected chi connectivity index (χ1v) is 9.99. The maximum absolute atomic E-state index is 11.9. The molecule has 24 heavy (non-hydrogen) atoms. The van der Waals surface area contributed by atoms with Crippen molar-refractivity contribution in [1.29, 1.82) is 0 Å². The lowest BCUT2D eigenvalue weighted by Gasteiger charge is -2.12. The molecule has 1 atom stereocenters. The molecule has 0 spiro atoms. The smallest absolute Gasteiger partial charge is 0.230 e. The van der Waals surface area contributed by atoms with Gasteiger partial charge >= 0.3 is 0 Å². The molecule has 0 radical (unpaired) electrons. The topological polar surface area (TPSA) is 80.0 Å². The summed E-state index contributed by atoms with van der Waals surface area (Å²) >= 11 is 2.85. The van der Waals surface area contributed by atoms with Gasteiger partial charge < -0.3 is 15.1 Å². The van der Waals surface area contributed by atoms with Gasteiger partial charge in [0.25, 0.3) is 0 Å². The predicted octanol–water partition coefficient (Wildman–Crippen LogP) is 3.92. The van der Waals surface area contributed by atoms with Crippen LogP contribution < -0.4 is 10.6 Å². The first kappa shape index (κ1) is 18.8. The van der Waals surface area contributed by atoms with Crippen molar-refractivity contribution >= 4 is 34.1 Å². The normalized spacial score (nSPS) is 12.1. The molecule has 2 aromatic rings. The quantitative estimate of drug-likeness (QED) is 0.462. The number of rotatable bonds is 11. The summed E-state index contributed by atoms with van der Waals surface area (Å²) < 4.78 is 6.03. The van der Waals surface area contributed by atoms with Crippen molar-refractivity contribution in [2.45, 2.75) is 56.5 Å². The Hall–Kier alpha value is -1.54. The molecule has 0 aliphatic heterocycles. The Morgan fingerprint density at radius 2 is 2.29 bits per heavy atom. The van der Waals surface area contributed by atoms with Crippen LogP contribution in [0.2, 0.25) is 0 Å². The molecule has 2 heterocycles. The van der Waals surface area contributed by atoms with Crippen molar-refractivity contribution < 1.29 is 9.21 Å². The Balaban J connectivity index is 1.65. The van der Waals surface area contributed by atoms with Crippen molar-refractivity contribution in [1.82, 2.24) is 15.5 Å². The number of carbonyl (C=O) groups is 1. The van der Waals surface area contributed by atoms with Gasteiger partial charge in [0.2, 0.25) is 11.0 Å². The number of amides is 1. The minimum Gasteiger partial charge on any atom is -0.467 e. The molecular weight excluding hydrogens is 344 g/mol. The van der Waals surface area contributed by atoms with Gasteiger partial charge in [-0.25, -0.2) is 0 Å². The van der Waals surface area contributed by atoms with Crippen LogP contribution in [0.5, 0.6) is 0 Å². The lowest BCUT2D eigenvalue weighted by molar-refractivity contribution is -0.119. The van der Waals surface area contributed by atoms with Crippen molar-refractivity contribution in [3.63, 3.8) is 0 Å². The third-order valence-corrected chi connectivity index (χ3v) is 5.39. The van der Waals surface area contributed by atoms with Gasteiger partial charge in [-0.3, -0.25) is 4.79 Å². The third kappa shape index (κ3) is 6.92. The molecule has 0 unspecified atom stereocenters.